The van der Waals surface area contributed by atoms with Gasteiger partial charge in [0.15, 0.2) is 0 Å². The van der Waals surface area contributed by atoms with E-state index in [-0.39, 0.29) is 23.3 Å². The summed E-state index contributed by atoms with van der Waals surface area (Å²) in [6.45, 7) is 2.09. The zero-order chi connectivity index (χ0) is 22.1. The fraction of sp³-hybridized carbons (Fsp3) is 0.524. The monoisotopic (exact) mass is 435 g/mol. The Kier molecular flexibility index (Phi) is 9.32. The highest BCUT2D eigenvalue weighted by molar-refractivity contribution is 8.13. The molecule has 2 rings (SSSR count). The summed E-state index contributed by atoms with van der Waals surface area (Å²) < 4.78 is 4.76. The highest BCUT2D eigenvalue weighted by Crippen LogP contribution is 2.22. The molecule has 3 atom stereocenters. The summed E-state index contributed by atoms with van der Waals surface area (Å²) in [7, 11) is 1.31. The van der Waals surface area contributed by atoms with Gasteiger partial charge in [0.1, 0.15) is 6.04 Å². The molecule has 1 fully saturated rings. The van der Waals surface area contributed by atoms with Crippen molar-refractivity contribution in [1.29, 1.82) is 0 Å². The van der Waals surface area contributed by atoms with E-state index in [0.29, 0.717) is 19.4 Å². The first-order valence-corrected chi connectivity index (χ1v) is 10.9. The number of hydrogen-bond donors (Lipinski definition) is 2. The average molecular weight is 436 g/mol. The molecule has 1 aromatic carbocycles. The molecule has 164 valence electrons. The minimum absolute atomic E-state index is 0.151. The Bertz CT molecular complexity index is 758. The number of likely N-dealkylation sites (tertiary alicyclic amines) is 1. The van der Waals surface area contributed by atoms with Crippen LogP contribution < -0.4 is 11.1 Å². The van der Waals surface area contributed by atoms with Crippen LogP contribution >= 0.6 is 11.8 Å². The van der Waals surface area contributed by atoms with Crippen LogP contribution in [0.5, 0.6) is 0 Å². The summed E-state index contributed by atoms with van der Waals surface area (Å²) in [4.78, 5) is 50.2. The van der Waals surface area contributed by atoms with Crippen LogP contribution in [0.25, 0.3) is 0 Å². The van der Waals surface area contributed by atoms with Gasteiger partial charge in [0.2, 0.25) is 16.9 Å². The number of esters is 1. The average Bonchev–Trinajstić information content (AvgIpc) is 3.25. The van der Waals surface area contributed by atoms with Crippen molar-refractivity contribution in [3.63, 3.8) is 0 Å². The second kappa shape index (κ2) is 11.7. The third-order valence-electron chi connectivity index (χ3n) is 4.97. The van der Waals surface area contributed by atoms with Gasteiger partial charge in [0.05, 0.1) is 19.7 Å². The lowest BCUT2D eigenvalue weighted by Crippen LogP contribution is -2.44. The van der Waals surface area contributed by atoms with E-state index in [0.717, 1.165) is 23.7 Å². The summed E-state index contributed by atoms with van der Waals surface area (Å²) in [6, 6.07) is 8.12. The highest BCUT2D eigenvalue weighted by atomic mass is 32.2. The molecule has 0 bridgehead atoms. The number of thioether (sulfide) groups is 1. The fourth-order valence-corrected chi connectivity index (χ4v) is 4.04. The molecule has 1 aromatic rings. The van der Waals surface area contributed by atoms with Gasteiger partial charge in [-0.3, -0.25) is 14.4 Å². The summed E-state index contributed by atoms with van der Waals surface area (Å²) in [5.74, 6) is -1.13. The van der Waals surface area contributed by atoms with Crippen LogP contribution in [0.3, 0.4) is 0 Å². The van der Waals surface area contributed by atoms with Gasteiger partial charge >= 0.3 is 5.97 Å². The standard InChI is InChI=1S/C21H29N3O5S/c1-14(20(27)24-10-6-9-17(24)21(28)29-2)13-30-18(25)12-23-19(26)16(22)11-15-7-4-3-5-8-15/h3-5,7-8,14,16-17H,6,9-13,22H2,1-2H3,(H,23,26)/t14-,16+,17+/m1/s1. The van der Waals surface area contributed by atoms with Crippen molar-refractivity contribution >= 4 is 34.7 Å². The van der Waals surface area contributed by atoms with Crippen LogP contribution in [0.15, 0.2) is 30.3 Å². The van der Waals surface area contributed by atoms with E-state index in [1.54, 1.807) is 6.92 Å². The number of methoxy groups -OCH3 is 1. The summed E-state index contributed by atoms with van der Waals surface area (Å²) in [5.41, 5.74) is 6.84. The smallest absolute Gasteiger partial charge is 0.328 e. The number of benzene rings is 1. The zero-order valence-corrected chi connectivity index (χ0v) is 18.2. The molecule has 1 aliphatic heterocycles. The van der Waals surface area contributed by atoms with Gasteiger partial charge in [-0.25, -0.2) is 4.79 Å². The number of ether oxygens (including phenoxy) is 1. The molecule has 1 heterocycles. The first-order valence-electron chi connectivity index (χ1n) is 9.94. The Balaban J connectivity index is 1.72. The van der Waals surface area contributed by atoms with Gasteiger partial charge < -0.3 is 20.7 Å². The van der Waals surface area contributed by atoms with Crippen molar-refractivity contribution in [1.82, 2.24) is 10.2 Å². The van der Waals surface area contributed by atoms with Gasteiger partial charge in [0, 0.05) is 18.2 Å². The number of nitrogens with one attached hydrogen (secondary N) is 1. The Morgan fingerprint density at radius 1 is 1.27 bits per heavy atom. The first kappa shape index (κ1) is 23.9. The van der Waals surface area contributed by atoms with E-state index < -0.39 is 29.9 Å². The van der Waals surface area contributed by atoms with Crippen LogP contribution in [-0.2, 0) is 30.3 Å². The number of amides is 2. The second-order valence-corrected chi connectivity index (χ2v) is 8.39. The first-order chi connectivity index (χ1) is 14.3. The molecule has 3 N–H and O–H groups in total. The van der Waals surface area contributed by atoms with Crippen LogP contribution in [0, 0.1) is 5.92 Å². The van der Waals surface area contributed by atoms with Crippen LogP contribution in [-0.4, -0.2) is 65.8 Å². The lowest BCUT2D eigenvalue weighted by Gasteiger charge is -2.25. The van der Waals surface area contributed by atoms with Crippen molar-refractivity contribution in [2.45, 2.75) is 38.3 Å². The maximum atomic E-state index is 12.6. The largest absolute Gasteiger partial charge is 0.467 e. The topological polar surface area (TPSA) is 119 Å². The predicted molar refractivity (Wildman–Crippen MR) is 115 cm³/mol. The Hall–Kier alpha value is -2.39. The molecule has 8 nitrogen and oxygen atoms in total. The number of nitrogens with zero attached hydrogens (tertiary/aromatic N) is 1. The fourth-order valence-electron chi connectivity index (χ4n) is 3.29. The van der Waals surface area contributed by atoms with Gasteiger partial charge in [-0.2, -0.15) is 0 Å². The molecule has 0 aromatic heterocycles. The van der Waals surface area contributed by atoms with E-state index in [2.05, 4.69) is 5.32 Å². The normalized spacial score (nSPS) is 17.8. The molecule has 1 aliphatic rings. The van der Waals surface area contributed by atoms with Crippen LogP contribution in [0.2, 0.25) is 0 Å². The lowest BCUT2D eigenvalue weighted by molar-refractivity contribution is -0.151. The minimum atomic E-state index is -0.740. The quantitative estimate of drug-likeness (QED) is 0.549. The zero-order valence-electron chi connectivity index (χ0n) is 17.3. The number of rotatable bonds is 9. The minimum Gasteiger partial charge on any atom is -0.467 e. The SMILES string of the molecule is COC(=O)[C@@H]1CCCN1C(=O)[C@H](C)CSC(=O)CNC(=O)[C@@H](N)Cc1ccccc1. The molecule has 0 aliphatic carbocycles. The van der Waals surface area contributed by atoms with Gasteiger partial charge in [-0.15, -0.1) is 0 Å². The van der Waals surface area contributed by atoms with E-state index >= 15 is 0 Å². The highest BCUT2D eigenvalue weighted by Gasteiger charge is 2.36. The second-order valence-electron chi connectivity index (χ2n) is 7.31. The van der Waals surface area contributed by atoms with E-state index in [1.807, 2.05) is 30.3 Å². The van der Waals surface area contributed by atoms with Crippen molar-refractivity contribution in [2.75, 3.05) is 26.0 Å². The van der Waals surface area contributed by atoms with E-state index in [4.69, 9.17) is 10.5 Å². The molecule has 2 amide bonds. The van der Waals surface area contributed by atoms with Crippen molar-refractivity contribution in [2.24, 2.45) is 11.7 Å². The maximum absolute atomic E-state index is 12.6. The molecule has 0 spiro atoms. The summed E-state index contributed by atoms with van der Waals surface area (Å²) >= 11 is 0.987. The Morgan fingerprint density at radius 3 is 2.63 bits per heavy atom. The van der Waals surface area contributed by atoms with Gasteiger partial charge in [-0.1, -0.05) is 49.0 Å². The summed E-state index contributed by atoms with van der Waals surface area (Å²) in [6.07, 6.45) is 1.72. The van der Waals surface area contributed by atoms with Crippen molar-refractivity contribution in [3.8, 4) is 0 Å². The molecule has 0 radical (unpaired) electrons. The molecule has 30 heavy (non-hydrogen) atoms. The van der Waals surface area contributed by atoms with Crippen LogP contribution in [0.1, 0.15) is 25.3 Å². The third-order valence-corrected chi connectivity index (χ3v) is 6.10. The molecule has 0 saturated carbocycles. The maximum Gasteiger partial charge on any atom is 0.328 e. The van der Waals surface area contributed by atoms with Crippen LogP contribution in [0.4, 0.5) is 0 Å². The Morgan fingerprint density at radius 2 is 1.97 bits per heavy atom. The number of hydrogen-bond acceptors (Lipinski definition) is 7. The van der Waals surface area contributed by atoms with Gasteiger partial charge in [-0.05, 0) is 24.8 Å². The molecular weight excluding hydrogens is 406 g/mol. The van der Waals surface area contributed by atoms with E-state index in [1.165, 1.54) is 12.0 Å². The number of carbonyl (C=O) groups is 4. The molecule has 9 heteroatoms. The Labute approximate surface area is 180 Å². The lowest BCUT2D eigenvalue weighted by atomic mass is 10.1. The summed E-state index contributed by atoms with van der Waals surface area (Å²) in [5, 5.41) is 2.30. The molecule has 0 unspecified atom stereocenters. The number of carbonyl (C=O) groups excluding carboxylic acids is 4. The predicted octanol–water partition coefficient (Wildman–Crippen LogP) is 0.733. The number of nitrogens with two attached hydrogens (primary N) is 1. The van der Waals surface area contributed by atoms with Gasteiger partial charge in [0.25, 0.3) is 0 Å². The molecular formula is C21H29N3O5S. The van der Waals surface area contributed by atoms with Crippen molar-refractivity contribution < 1.29 is 23.9 Å². The third kappa shape index (κ3) is 6.84. The van der Waals surface area contributed by atoms with Crippen molar-refractivity contribution in [3.05, 3.63) is 35.9 Å². The molecule has 1 saturated heterocycles. The van der Waals surface area contributed by atoms with E-state index in [9.17, 15) is 19.2 Å².